The third-order valence-corrected chi connectivity index (χ3v) is 3.20. The Kier molecular flexibility index (Phi) is 3.89. The van der Waals surface area contributed by atoms with Crippen molar-refractivity contribution in [2.45, 2.75) is 0 Å². The first-order valence-electron chi connectivity index (χ1n) is 6.69. The Hall–Kier alpha value is -3.02. The summed E-state index contributed by atoms with van der Waals surface area (Å²) in [5.41, 5.74) is -0.313. The molecule has 116 valence electrons. The number of para-hydroxylation sites is 1. The monoisotopic (exact) mass is 316 g/mol. The molecule has 0 saturated carbocycles. The van der Waals surface area contributed by atoms with Crippen molar-refractivity contribution in [2.75, 3.05) is 6.61 Å². The standard InChI is InChI=1S/C17H10F2O4/c18-11-5-3-6-12(19)16(11)17(21)22-9-13(20)15-8-10-4-1-2-7-14(10)23-15/h1-8H,9H2. The second kappa shape index (κ2) is 6.00. The summed E-state index contributed by atoms with van der Waals surface area (Å²) >= 11 is 0. The van der Waals surface area contributed by atoms with Crippen molar-refractivity contribution in [1.29, 1.82) is 0 Å². The van der Waals surface area contributed by atoms with Gasteiger partial charge in [-0.15, -0.1) is 0 Å². The highest BCUT2D eigenvalue weighted by molar-refractivity contribution is 6.00. The van der Waals surface area contributed by atoms with Crippen molar-refractivity contribution >= 4 is 22.7 Å². The van der Waals surface area contributed by atoms with E-state index in [2.05, 4.69) is 4.74 Å². The lowest BCUT2D eigenvalue weighted by Gasteiger charge is -2.05. The molecule has 0 aliphatic rings. The van der Waals surface area contributed by atoms with Gasteiger partial charge in [0.25, 0.3) is 0 Å². The Labute approximate surface area is 129 Å². The molecule has 0 bridgehead atoms. The molecule has 3 aromatic rings. The van der Waals surface area contributed by atoms with E-state index >= 15 is 0 Å². The number of carbonyl (C=O) groups excluding carboxylic acids is 2. The molecule has 1 heterocycles. The number of furan rings is 1. The highest BCUT2D eigenvalue weighted by atomic mass is 19.1. The van der Waals surface area contributed by atoms with E-state index < -0.39 is 35.6 Å². The van der Waals surface area contributed by atoms with Crippen LogP contribution in [0.5, 0.6) is 0 Å². The van der Waals surface area contributed by atoms with Gasteiger partial charge in [0.15, 0.2) is 12.4 Å². The molecule has 4 nitrogen and oxygen atoms in total. The normalized spacial score (nSPS) is 10.7. The van der Waals surface area contributed by atoms with Crippen LogP contribution in [0, 0.1) is 11.6 Å². The van der Waals surface area contributed by atoms with Crippen molar-refractivity contribution < 1.29 is 27.5 Å². The second-order valence-corrected chi connectivity index (χ2v) is 4.74. The van der Waals surface area contributed by atoms with Crippen LogP contribution in [-0.2, 0) is 4.74 Å². The smallest absolute Gasteiger partial charge is 0.344 e. The largest absolute Gasteiger partial charge is 0.453 e. The Balaban J connectivity index is 1.72. The van der Waals surface area contributed by atoms with Gasteiger partial charge in [0.05, 0.1) is 0 Å². The molecule has 0 saturated heterocycles. The van der Waals surface area contributed by atoms with Crippen molar-refractivity contribution in [1.82, 2.24) is 0 Å². The molecule has 0 aliphatic carbocycles. The molecule has 0 amide bonds. The fourth-order valence-corrected chi connectivity index (χ4v) is 2.09. The number of ketones is 1. The van der Waals surface area contributed by atoms with E-state index in [1.807, 2.05) is 0 Å². The Bertz CT molecular complexity index is 845. The lowest BCUT2D eigenvalue weighted by atomic mass is 10.2. The first kappa shape index (κ1) is 14.9. The zero-order valence-corrected chi connectivity index (χ0v) is 11.7. The zero-order chi connectivity index (χ0) is 16.4. The van der Waals surface area contributed by atoms with E-state index in [0.717, 1.165) is 23.6 Å². The van der Waals surface area contributed by atoms with Gasteiger partial charge < -0.3 is 9.15 Å². The summed E-state index contributed by atoms with van der Waals surface area (Å²) in [6.07, 6.45) is 0. The number of hydrogen-bond donors (Lipinski definition) is 0. The maximum absolute atomic E-state index is 13.4. The van der Waals surface area contributed by atoms with Crippen LogP contribution in [0.15, 0.2) is 52.9 Å². The Morgan fingerprint density at radius 1 is 1.00 bits per heavy atom. The highest BCUT2D eigenvalue weighted by Gasteiger charge is 2.21. The quantitative estimate of drug-likeness (QED) is 0.543. The molecule has 0 fully saturated rings. The summed E-state index contributed by atoms with van der Waals surface area (Å²) in [4.78, 5) is 23.7. The molecule has 3 rings (SSSR count). The fourth-order valence-electron chi connectivity index (χ4n) is 2.09. The summed E-state index contributed by atoms with van der Waals surface area (Å²) in [6.45, 7) is -0.674. The van der Waals surface area contributed by atoms with Crippen molar-refractivity contribution in [3.05, 3.63) is 71.5 Å². The number of benzene rings is 2. The lowest BCUT2D eigenvalue weighted by Crippen LogP contribution is -2.16. The van der Waals surface area contributed by atoms with E-state index in [4.69, 9.17) is 4.42 Å². The summed E-state index contributed by atoms with van der Waals surface area (Å²) in [5, 5.41) is 0.724. The van der Waals surface area contributed by atoms with Gasteiger partial charge in [0.1, 0.15) is 22.8 Å². The molecule has 0 spiro atoms. The summed E-state index contributed by atoms with van der Waals surface area (Å²) < 4.78 is 36.9. The van der Waals surface area contributed by atoms with Gasteiger partial charge in [-0.2, -0.15) is 0 Å². The average Bonchev–Trinajstić information content (AvgIpc) is 2.96. The predicted octanol–water partition coefficient (Wildman–Crippen LogP) is 3.75. The molecule has 0 unspecified atom stereocenters. The number of carbonyl (C=O) groups is 2. The van der Waals surface area contributed by atoms with Gasteiger partial charge in [-0.05, 0) is 24.3 Å². The third kappa shape index (κ3) is 2.96. The molecule has 2 aromatic carbocycles. The first-order chi connectivity index (χ1) is 11.1. The topological polar surface area (TPSA) is 56.5 Å². The third-order valence-electron chi connectivity index (χ3n) is 3.20. The number of halogens is 2. The molecule has 0 N–H and O–H groups in total. The second-order valence-electron chi connectivity index (χ2n) is 4.74. The molecule has 0 radical (unpaired) electrons. The maximum atomic E-state index is 13.4. The molecule has 1 aromatic heterocycles. The molecular weight excluding hydrogens is 306 g/mol. The van der Waals surface area contributed by atoms with E-state index in [1.54, 1.807) is 24.3 Å². The minimum absolute atomic E-state index is 0.00741. The van der Waals surface area contributed by atoms with Crippen LogP contribution < -0.4 is 0 Å². The van der Waals surface area contributed by atoms with E-state index in [-0.39, 0.29) is 5.76 Å². The van der Waals surface area contributed by atoms with Crippen LogP contribution in [0.25, 0.3) is 11.0 Å². The number of rotatable bonds is 4. The molecule has 23 heavy (non-hydrogen) atoms. The average molecular weight is 316 g/mol. The lowest BCUT2D eigenvalue weighted by molar-refractivity contribution is 0.0459. The number of ether oxygens (including phenoxy) is 1. The number of Topliss-reactive ketones (excluding diaryl/α,β-unsaturated/α-hetero) is 1. The number of fused-ring (bicyclic) bond motifs is 1. The van der Waals surface area contributed by atoms with Crippen molar-refractivity contribution in [2.24, 2.45) is 0 Å². The van der Waals surface area contributed by atoms with Crippen LogP contribution in [0.4, 0.5) is 8.78 Å². The minimum atomic E-state index is -1.25. The fraction of sp³-hybridized carbons (Fsp3) is 0.0588. The van der Waals surface area contributed by atoms with Crippen LogP contribution in [0.2, 0.25) is 0 Å². The Morgan fingerprint density at radius 3 is 2.39 bits per heavy atom. The summed E-state index contributed by atoms with van der Waals surface area (Å²) in [6, 6.07) is 11.5. The van der Waals surface area contributed by atoms with Crippen LogP contribution in [0.1, 0.15) is 20.9 Å². The highest BCUT2D eigenvalue weighted by Crippen LogP contribution is 2.19. The van der Waals surface area contributed by atoms with E-state index in [9.17, 15) is 18.4 Å². The van der Waals surface area contributed by atoms with Gasteiger partial charge in [0, 0.05) is 5.39 Å². The van der Waals surface area contributed by atoms with Gasteiger partial charge in [-0.3, -0.25) is 4.79 Å². The van der Waals surface area contributed by atoms with Crippen molar-refractivity contribution in [3.63, 3.8) is 0 Å². The van der Waals surface area contributed by atoms with Gasteiger partial charge in [-0.25, -0.2) is 13.6 Å². The van der Waals surface area contributed by atoms with Crippen molar-refractivity contribution in [3.8, 4) is 0 Å². The zero-order valence-electron chi connectivity index (χ0n) is 11.7. The summed E-state index contributed by atoms with van der Waals surface area (Å²) in [5.74, 6) is -3.94. The molecular formula is C17H10F2O4. The first-order valence-corrected chi connectivity index (χ1v) is 6.69. The molecule has 0 aliphatic heterocycles. The SMILES string of the molecule is O=C(COC(=O)c1c(F)cccc1F)c1cc2ccccc2o1. The summed E-state index contributed by atoms with van der Waals surface area (Å²) in [7, 11) is 0. The van der Waals surface area contributed by atoms with Gasteiger partial charge in [-0.1, -0.05) is 24.3 Å². The van der Waals surface area contributed by atoms with Gasteiger partial charge >= 0.3 is 5.97 Å². The predicted molar refractivity (Wildman–Crippen MR) is 77.2 cm³/mol. The number of hydrogen-bond acceptors (Lipinski definition) is 4. The van der Waals surface area contributed by atoms with Crippen LogP contribution in [-0.4, -0.2) is 18.4 Å². The van der Waals surface area contributed by atoms with Gasteiger partial charge in [0.2, 0.25) is 5.78 Å². The maximum Gasteiger partial charge on any atom is 0.344 e. The van der Waals surface area contributed by atoms with Crippen LogP contribution in [0.3, 0.4) is 0 Å². The molecule has 6 heteroatoms. The van der Waals surface area contributed by atoms with E-state index in [1.165, 1.54) is 6.07 Å². The molecule has 0 atom stereocenters. The minimum Gasteiger partial charge on any atom is -0.453 e. The Morgan fingerprint density at radius 2 is 1.70 bits per heavy atom. The van der Waals surface area contributed by atoms with Crippen LogP contribution >= 0.6 is 0 Å². The van der Waals surface area contributed by atoms with E-state index in [0.29, 0.717) is 5.58 Å². The number of esters is 1.